The molecular weight excluding hydrogens is 236 g/mol. The molecule has 1 aromatic carbocycles. The van der Waals surface area contributed by atoms with Crippen molar-refractivity contribution in [3.05, 3.63) is 36.5 Å². The molecule has 1 saturated heterocycles. The fraction of sp³-hybridized carbons (Fsp3) is 0.375. The number of Topliss-reactive ketones (excluding diaryl/α,β-unsaturated/α-hetero) is 1. The van der Waals surface area contributed by atoms with Crippen LogP contribution in [0.3, 0.4) is 0 Å². The van der Waals surface area contributed by atoms with Crippen LogP contribution in [0.25, 0.3) is 10.8 Å². The summed E-state index contributed by atoms with van der Waals surface area (Å²) < 4.78 is 0. The first-order chi connectivity index (χ1) is 9.25. The third-order valence-electron chi connectivity index (χ3n) is 4.02. The van der Waals surface area contributed by atoms with E-state index in [2.05, 4.69) is 28.1 Å². The number of pyridine rings is 1. The maximum absolute atomic E-state index is 11.4. The number of hydrogen-bond donors (Lipinski definition) is 0. The van der Waals surface area contributed by atoms with E-state index in [0.717, 1.165) is 31.7 Å². The van der Waals surface area contributed by atoms with Gasteiger partial charge in [0.1, 0.15) is 11.6 Å². The Hall–Kier alpha value is -1.90. The SMILES string of the molecule is CC(=O)C1CCN(c2nccc3ccccc23)CC1. The number of benzene rings is 1. The lowest BCUT2D eigenvalue weighted by molar-refractivity contribution is -0.121. The molecule has 0 N–H and O–H groups in total. The van der Waals surface area contributed by atoms with E-state index in [-0.39, 0.29) is 5.92 Å². The molecule has 2 heterocycles. The molecule has 0 bridgehead atoms. The highest BCUT2D eigenvalue weighted by atomic mass is 16.1. The molecule has 3 nitrogen and oxygen atoms in total. The number of fused-ring (bicyclic) bond motifs is 1. The van der Waals surface area contributed by atoms with Crippen molar-refractivity contribution in [1.29, 1.82) is 0 Å². The highest BCUT2D eigenvalue weighted by Gasteiger charge is 2.23. The molecule has 0 radical (unpaired) electrons. The predicted molar refractivity (Wildman–Crippen MR) is 77.4 cm³/mol. The number of nitrogens with zero attached hydrogens (tertiary/aromatic N) is 2. The summed E-state index contributed by atoms with van der Waals surface area (Å²) in [5, 5.41) is 2.42. The zero-order chi connectivity index (χ0) is 13.2. The van der Waals surface area contributed by atoms with Gasteiger partial charge in [0, 0.05) is 30.6 Å². The lowest BCUT2D eigenvalue weighted by Gasteiger charge is -2.32. The number of aromatic nitrogens is 1. The quantitative estimate of drug-likeness (QED) is 0.826. The van der Waals surface area contributed by atoms with Crippen LogP contribution in [0.2, 0.25) is 0 Å². The zero-order valence-corrected chi connectivity index (χ0v) is 11.2. The predicted octanol–water partition coefficient (Wildman–Crippen LogP) is 3.04. The maximum atomic E-state index is 11.4. The van der Waals surface area contributed by atoms with Crippen LogP contribution in [0.5, 0.6) is 0 Å². The van der Waals surface area contributed by atoms with Crippen LogP contribution >= 0.6 is 0 Å². The second-order valence-electron chi connectivity index (χ2n) is 5.23. The molecule has 98 valence electrons. The molecule has 1 aliphatic heterocycles. The van der Waals surface area contributed by atoms with Crippen LogP contribution in [0.15, 0.2) is 36.5 Å². The molecule has 0 unspecified atom stereocenters. The average molecular weight is 254 g/mol. The van der Waals surface area contributed by atoms with E-state index >= 15 is 0 Å². The summed E-state index contributed by atoms with van der Waals surface area (Å²) in [5.74, 6) is 1.62. The first-order valence-electron chi connectivity index (χ1n) is 6.85. The molecule has 2 aromatic rings. The van der Waals surface area contributed by atoms with Gasteiger partial charge in [-0.05, 0) is 31.2 Å². The number of ketones is 1. The van der Waals surface area contributed by atoms with E-state index in [9.17, 15) is 4.79 Å². The highest BCUT2D eigenvalue weighted by molar-refractivity contribution is 5.92. The molecule has 0 atom stereocenters. The molecule has 0 aliphatic carbocycles. The Morgan fingerprint density at radius 2 is 1.95 bits per heavy atom. The monoisotopic (exact) mass is 254 g/mol. The molecule has 0 saturated carbocycles. The Balaban J connectivity index is 1.88. The second kappa shape index (κ2) is 5.00. The molecule has 3 rings (SSSR count). The summed E-state index contributed by atoms with van der Waals surface area (Å²) in [7, 11) is 0. The number of rotatable bonds is 2. The minimum absolute atomic E-state index is 0.242. The first kappa shape index (κ1) is 12.2. The molecule has 19 heavy (non-hydrogen) atoms. The lowest BCUT2D eigenvalue weighted by Crippen LogP contribution is -2.36. The summed E-state index contributed by atoms with van der Waals surface area (Å²) in [6.07, 6.45) is 3.76. The normalized spacial score (nSPS) is 16.8. The van der Waals surface area contributed by atoms with Gasteiger partial charge in [-0.15, -0.1) is 0 Å². The zero-order valence-electron chi connectivity index (χ0n) is 11.2. The number of carbonyl (C=O) groups excluding carboxylic acids is 1. The number of hydrogen-bond acceptors (Lipinski definition) is 3. The smallest absolute Gasteiger partial charge is 0.136 e. The highest BCUT2D eigenvalue weighted by Crippen LogP contribution is 2.28. The largest absolute Gasteiger partial charge is 0.356 e. The first-order valence-corrected chi connectivity index (χ1v) is 6.85. The van der Waals surface area contributed by atoms with Gasteiger partial charge in [-0.1, -0.05) is 24.3 Å². The lowest BCUT2D eigenvalue weighted by atomic mass is 9.93. The minimum Gasteiger partial charge on any atom is -0.356 e. The number of piperidine rings is 1. The van der Waals surface area contributed by atoms with Crippen molar-refractivity contribution in [3.8, 4) is 0 Å². The van der Waals surface area contributed by atoms with Gasteiger partial charge in [-0.25, -0.2) is 4.98 Å². The van der Waals surface area contributed by atoms with Crippen LogP contribution in [0, 0.1) is 5.92 Å². The van der Waals surface area contributed by atoms with E-state index in [1.807, 2.05) is 18.3 Å². The van der Waals surface area contributed by atoms with Gasteiger partial charge in [0.05, 0.1) is 0 Å². The van der Waals surface area contributed by atoms with Crippen molar-refractivity contribution in [2.24, 2.45) is 5.92 Å². The van der Waals surface area contributed by atoms with Crippen molar-refractivity contribution in [1.82, 2.24) is 4.98 Å². The molecule has 1 fully saturated rings. The van der Waals surface area contributed by atoms with Crippen LogP contribution in [0.4, 0.5) is 5.82 Å². The van der Waals surface area contributed by atoms with Gasteiger partial charge in [0.25, 0.3) is 0 Å². The van der Waals surface area contributed by atoms with Gasteiger partial charge in [0.2, 0.25) is 0 Å². The van der Waals surface area contributed by atoms with Gasteiger partial charge < -0.3 is 4.90 Å². The molecule has 0 spiro atoms. The topological polar surface area (TPSA) is 33.2 Å². The summed E-state index contributed by atoms with van der Waals surface area (Å²) in [4.78, 5) is 18.3. The average Bonchev–Trinajstić information content (AvgIpc) is 2.47. The van der Waals surface area contributed by atoms with E-state index in [1.54, 1.807) is 6.92 Å². The standard InChI is InChI=1S/C16H18N2O/c1-12(19)13-7-10-18(11-8-13)16-15-5-3-2-4-14(15)6-9-17-16/h2-6,9,13H,7-8,10-11H2,1H3. The molecule has 1 aliphatic rings. The number of anilines is 1. The molecule has 3 heteroatoms. The van der Waals surface area contributed by atoms with E-state index in [0.29, 0.717) is 5.78 Å². The Bertz CT molecular complexity index is 595. The Labute approximate surface area is 113 Å². The summed E-state index contributed by atoms with van der Waals surface area (Å²) in [5.41, 5.74) is 0. The fourth-order valence-electron chi connectivity index (χ4n) is 2.85. The van der Waals surface area contributed by atoms with E-state index < -0.39 is 0 Å². The summed E-state index contributed by atoms with van der Waals surface area (Å²) in [6, 6.07) is 10.4. The maximum Gasteiger partial charge on any atom is 0.136 e. The van der Waals surface area contributed by atoms with Gasteiger partial charge in [-0.3, -0.25) is 4.79 Å². The van der Waals surface area contributed by atoms with E-state index in [1.165, 1.54) is 10.8 Å². The third kappa shape index (κ3) is 2.33. The van der Waals surface area contributed by atoms with Crippen molar-refractivity contribution in [2.75, 3.05) is 18.0 Å². The van der Waals surface area contributed by atoms with Gasteiger partial charge in [0.15, 0.2) is 0 Å². The van der Waals surface area contributed by atoms with Gasteiger partial charge in [-0.2, -0.15) is 0 Å². The van der Waals surface area contributed by atoms with Crippen LogP contribution in [-0.2, 0) is 4.79 Å². The third-order valence-corrected chi connectivity index (χ3v) is 4.02. The summed E-state index contributed by atoms with van der Waals surface area (Å²) >= 11 is 0. The summed E-state index contributed by atoms with van der Waals surface area (Å²) in [6.45, 7) is 3.55. The number of carbonyl (C=O) groups is 1. The fourth-order valence-corrected chi connectivity index (χ4v) is 2.85. The van der Waals surface area contributed by atoms with Crippen molar-refractivity contribution < 1.29 is 4.79 Å². The molecular formula is C16H18N2O. The van der Waals surface area contributed by atoms with Crippen LogP contribution in [-0.4, -0.2) is 23.9 Å². The second-order valence-corrected chi connectivity index (χ2v) is 5.23. The van der Waals surface area contributed by atoms with E-state index in [4.69, 9.17) is 0 Å². The Kier molecular flexibility index (Phi) is 3.20. The Morgan fingerprint density at radius 1 is 1.21 bits per heavy atom. The minimum atomic E-state index is 0.242. The van der Waals surface area contributed by atoms with Crippen LogP contribution < -0.4 is 4.90 Å². The van der Waals surface area contributed by atoms with Crippen molar-refractivity contribution in [2.45, 2.75) is 19.8 Å². The molecule has 0 amide bonds. The van der Waals surface area contributed by atoms with Crippen molar-refractivity contribution in [3.63, 3.8) is 0 Å². The Morgan fingerprint density at radius 3 is 2.68 bits per heavy atom. The molecule has 1 aromatic heterocycles. The van der Waals surface area contributed by atoms with Gasteiger partial charge >= 0.3 is 0 Å². The van der Waals surface area contributed by atoms with Crippen LogP contribution in [0.1, 0.15) is 19.8 Å². The van der Waals surface area contributed by atoms with Crippen molar-refractivity contribution >= 4 is 22.4 Å².